The second-order valence-electron chi connectivity index (χ2n) is 10.3. The summed E-state index contributed by atoms with van der Waals surface area (Å²) in [5, 5.41) is 4.05. The molecule has 0 aliphatic rings. The van der Waals surface area contributed by atoms with Crippen LogP contribution in [0.25, 0.3) is 0 Å². The minimum atomic E-state index is -4.19. The van der Waals surface area contributed by atoms with Crippen LogP contribution in [-0.4, -0.2) is 43.8 Å². The molecule has 2 amide bonds. The lowest BCUT2D eigenvalue weighted by Gasteiger charge is -2.34. The highest BCUT2D eigenvalue weighted by Crippen LogP contribution is 2.30. The van der Waals surface area contributed by atoms with Gasteiger partial charge in [-0.3, -0.25) is 13.9 Å². The Hall–Kier alpha value is -2.78. The van der Waals surface area contributed by atoms with Gasteiger partial charge in [0.1, 0.15) is 12.6 Å². The Balaban J connectivity index is 2.11. The molecule has 2 atom stereocenters. The lowest BCUT2D eigenvalue weighted by atomic mass is 10.1. The quantitative estimate of drug-likeness (QED) is 0.225. The number of aryl methyl sites for hydroxylation is 2. The molecule has 3 aromatic carbocycles. The molecule has 0 spiro atoms. The summed E-state index contributed by atoms with van der Waals surface area (Å²) in [7, 11) is -4.19. The summed E-state index contributed by atoms with van der Waals surface area (Å²) < 4.78 is 29.2. The maximum Gasteiger partial charge on any atom is 0.264 e. The molecule has 0 saturated heterocycles. The van der Waals surface area contributed by atoms with Gasteiger partial charge in [-0.15, -0.1) is 0 Å². The maximum absolute atomic E-state index is 14.2. The zero-order valence-corrected chi connectivity index (χ0v) is 27.4. The standard InChI is InChI=1S/C31H36Cl3N3O4S/c1-6-22(5)35-31(39)28(7-2)36(18-23-10-14-26(33)27(34)17-23)30(38)19-37(29-15-11-24(32)16-21(29)4)42(40,41)25-12-8-20(3)9-13-25/h8-17,22,28H,6-7,18-19H2,1-5H3,(H,35,39)/t22-,28+/m1/s1. The first kappa shape index (κ1) is 33.7. The van der Waals surface area contributed by atoms with Crippen molar-refractivity contribution in [2.24, 2.45) is 0 Å². The zero-order chi connectivity index (χ0) is 31.2. The van der Waals surface area contributed by atoms with E-state index in [4.69, 9.17) is 34.8 Å². The molecule has 7 nitrogen and oxygen atoms in total. The van der Waals surface area contributed by atoms with E-state index in [1.807, 2.05) is 20.8 Å². The van der Waals surface area contributed by atoms with Gasteiger partial charge in [-0.25, -0.2) is 8.42 Å². The monoisotopic (exact) mass is 651 g/mol. The highest BCUT2D eigenvalue weighted by Gasteiger charge is 2.34. The fourth-order valence-corrected chi connectivity index (χ4v) is 6.47. The molecule has 0 aliphatic heterocycles. The van der Waals surface area contributed by atoms with Crippen LogP contribution in [0.4, 0.5) is 5.69 Å². The Morgan fingerprint density at radius 1 is 0.881 bits per heavy atom. The van der Waals surface area contributed by atoms with Crippen LogP contribution < -0.4 is 9.62 Å². The van der Waals surface area contributed by atoms with Gasteiger partial charge in [-0.2, -0.15) is 0 Å². The van der Waals surface area contributed by atoms with Crippen LogP contribution >= 0.6 is 34.8 Å². The third kappa shape index (κ3) is 8.19. The third-order valence-corrected chi connectivity index (χ3v) is 9.79. The van der Waals surface area contributed by atoms with Crippen molar-refractivity contribution < 1.29 is 18.0 Å². The number of benzene rings is 3. The van der Waals surface area contributed by atoms with Crippen LogP contribution in [0.5, 0.6) is 0 Å². The van der Waals surface area contributed by atoms with Gasteiger partial charge in [-0.1, -0.05) is 72.4 Å². The molecule has 0 saturated carbocycles. The molecule has 42 heavy (non-hydrogen) atoms. The predicted molar refractivity (Wildman–Crippen MR) is 171 cm³/mol. The van der Waals surface area contributed by atoms with Gasteiger partial charge in [0.25, 0.3) is 10.0 Å². The Morgan fingerprint density at radius 3 is 2.12 bits per heavy atom. The van der Waals surface area contributed by atoms with Crippen LogP contribution in [0.1, 0.15) is 50.3 Å². The SMILES string of the molecule is CC[C@@H](C)NC(=O)[C@H](CC)N(Cc1ccc(Cl)c(Cl)c1)C(=O)CN(c1ccc(Cl)cc1C)S(=O)(=O)c1ccc(C)cc1. The molecule has 0 fully saturated rings. The van der Waals surface area contributed by atoms with E-state index in [1.54, 1.807) is 62.4 Å². The summed E-state index contributed by atoms with van der Waals surface area (Å²) in [4.78, 5) is 29.0. The Bertz CT molecular complexity index is 1530. The van der Waals surface area contributed by atoms with E-state index in [1.165, 1.54) is 17.0 Å². The van der Waals surface area contributed by atoms with Crippen molar-refractivity contribution in [1.29, 1.82) is 0 Å². The number of halogens is 3. The van der Waals surface area contributed by atoms with E-state index in [-0.39, 0.29) is 23.4 Å². The highest BCUT2D eigenvalue weighted by molar-refractivity contribution is 7.92. The normalized spacial score (nSPS) is 12.9. The number of amides is 2. The number of nitrogens with zero attached hydrogens (tertiary/aromatic N) is 2. The van der Waals surface area contributed by atoms with E-state index < -0.39 is 28.5 Å². The van der Waals surface area contributed by atoms with Crippen molar-refractivity contribution >= 4 is 62.3 Å². The van der Waals surface area contributed by atoms with E-state index in [9.17, 15) is 18.0 Å². The van der Waals surface area contributed by atoms with Gasteiger partial charge in [0.2, 0.25) is 11.8 Å². The lowest BCUT2D eigenvalue weighted by molar-refractivity contribution is -0.140. The first-order valence-corrected chi connectivity index (χ1v) is 16.2. The minimum Gasteiger partial charge on any atom is -0.352 e. The second kappa shape index (κ2) is 14.6. The fraction of sp³-hybridized carbons (Fsp3) is 0.355. The first-order valence-electron chi connectivity index (χ1n) is 13.7. The molecule has 0 aliphatic carbocycles. The number of carbonyl (C=O) groups is 2. The fourth-order valence-electron chi connectivity index (χ4n) is 4.44. The number of anilines is 1. The van der Waals surface area contributed by atoms with Gasteiger partial charge >= 0.3 is 0 Å². The van der Waals surface area contributed by atoms with Crippen molar-refractivity contribution in [1.82, 2.24) is 10.2 Å². The molecule has 0 radical (unpaired) electrons. The minimum absolute atomic E-state index is 0.0141. The number of sulfonamides is 1. The van der Waals surface area contributed by atoms with Crippen molar-refractivity contribution in [3.8, 4) is 0 Å². The predicted octanol–water partition coefficient (Wildman–Crippen LogP) is 7.18. The molecule has 3 aromatic rings. The van der Waals surface area contributed by atoms with Crippen molar-refractivity contribution in [2.45, 2.75) is 71.0 Å². The molecule has 1 N–H and O–H groups in total. The average Bonchev–Trinajstić information content (AvgIpc) is 2.93. The Labute approximate surface area is 263 Å². The smallest absolute Gasteiger partial charge is 0.264 e. The molecule has 11 heteroatoms. The summed E-state index contributed by atoms with van der Waals surface area (Å²) >= 11 is 18.6. The van der Waals surface area contributed by atoms with Crippen LogP contribution in [-0.2, 0) is 26.2 Å². The van der Waals surface area contributed by atoms with E-state index >= 15 is 0 Å². The highest BCUT2D eigenvalue weighted by atomic mass is 35.5. The second-order valence-corrected chi connectivity index (χ2v) is 13.4. The zero-order valence-electron chi connectivity index (χ0n) is 24.3. The summed E-state index contributed by atoms with van der Waals surface area (Å²) in [6.45, 7) is 8.69. The summed E-state index contributed by atoms with van der Waals surface area (Å²) in [6, 6.07) is 15.2. The molecular weight excluding hydrogens is 617 g/mol. The summed E-state index contributed by atoms with van der Waals surface area (Å²) in [6.07, 6.45) is 1.02. The van der Waals surface area contributed by atoms with Gasteiger partial charge in [0, 0.05) is 17.6 Å². The number of carbonyl (C=O) groups excluding carboxylic acids is 2. The Morgan fingerprint density at radius 2 is 1.55 bits per heavy atom. The number of hydrogen-bond donors (Lipinski definition) is 1. The van der Waals surface area contributed by atoms with Gasteiger partial charge in [0.05, 0.1) is 20.6 Å². The number of nitrogens with one attached hydrogen (secondary N) is 1. The van der Waals surface area contributed by atoms with Gasteiger partial charge < -0.3 is 10.2 Å². The van der Waals surface area contributed by atoms with Crippen molar-refractivity contribution in [3.05, 3.63) is 92.4 Å². The van der Waals surface area contributed by atoms with Gasteiger partial charge in [0.15, 0.2) is 0 Å². The molecule has 0 aromatic heterocycles. The molecule has 0 unspecified atom stereocenters. The van der Waals surface area contributed by atoms with Crippen LogP contribution in [0.15, 0.2) is 65.6 Å². The van der Waals surface area contributed by atoms with Crippen molar-refractivity contribution in [3.63, 3.8) is 0 Å². The lowest BCUT2D eigenvalue weighted by Crippen LogP contribution is -2.53. The van der Waals surface area contributed by atoms with Crippen LogP contribution in [0.3, 0.4) is 0 Å². The van der Waals surface area contributed by atoms with E-state index in [0.717, 1.165) is 9.87 Å². The molecule has 0 bridgehead atoms. The largest absolute Gasteiger partial charge is 0.352 e. The number of rotatable bonds is 12. The van der Waals surface area contributed by atoms with E-state index in [0.29, 0.717) is 44.7 Å². The molecular formula is C31H36Cl3N3O4S. The first-order chi connectivity index (χ1) is 19.8. The summed E-state index contributed by atoms with van der Waals surface area (Å²) in [5.41, 5.74) is 2.41. The summed E-state index contributed by atoms with van der Waals surface area (Å²) in [5.74, 6) is -0.881. The van der Waals surface area contributed by atoms with Gasteiger partial charge in [-0.05, 0) is 87.2 Å². The molecule has 0 heterocycles. The molecule has 226 valence electrons. The maximum atomic E-state index is 14.2. The Kier molecular flexibility index (Phi) is 11.7. The van der Waals surface area contributed by atoms with Crippen LogP contribution in [0.2, 0.25) is 15.1 Å². The van der Waals surface area contributed by atoms with E-state index in [2.05, 4.69) is 5.32 Å². The topological polar surface area (TPSA) is 86.8 Å². The average molecular weight is 653 g/mol. The molecule has 3 rings (SSSR count). The number of hydrogen-bond acceptors (Lipinski definition) is 4. The van der Waals surface area contributed by atoms with Crippen molar-refractivity contribution in [2.75, 3.05) is 10.8 Å². The third-order valence-electron chi connectivity index (χ3n) is 7.04. The van der Waals surface area contributed by atoms with Crippen LogP contribution in [0, 0.1) is 13.8 Å².